The van der Waals surface area contributed by atoms with Crippen molar-refractivity contribution in [2.75, 3.05) is 0 Å². The van der Waals surface area contributed by atoms with E-state index in [1.54, 1.807) is 11.7 Å². The Bertz CT molecular complexity index is 1150. The van der Waals surface area contributed by atoms with E-state index in [0.717, 1.165) is 10.0 Å². The van der Waals surface area contributed by atoms with Crippen LogP contribution >= 0.6 is 31.9 Å². The molecule has 0 bridgehead atoms. The lowest BCUT2D eigenvalue weighted by atomic mass is 10.2. The van der Waals surface area contributed by atoms with Crippen LogP contribution in [0.15, 0.2) is 48.9 Å². The third-order valence-electron chi connectivity index (χ3n) is 3.61. The van der Waals surface area contributed by atoms with Gasteiger partial charge in [0, 0.05) is 17.1 Å². The fraction of sp³-hybridized carbons (Fsp3) is 0.133. The van der Waals surface area contributed by atoms with Crippen molar-refractivity contribution in [2.45, 2.75) is 6.54 Å². The molecule has 0 saturated heterocycles. The van der Waals surface area contributed by atoms with E-state index in [4.69, 9.17) is 4.42 Å². The van der Waals surface area contributed by atoms with Crippen molar-refractivity contribution in [3.8, 4) is 11.5 Å². The Kier molecular flexibility index (Phi) is 4.00. The average molecular weight is 466 g/mol. The molecule has 1 aromatic carbocycles. The van der Waals surface area contributed by atoms with Crippen molar-refractivity contribution in [3.05, 3.63) is 55.9 Å². The molecule has 4 rings (SSSR count). The zero-order valence-corrected chi connectivity index (χ0v) is 16.0. The Morgan fingerprint density at radius 3 is 2.88 bits per heavy atom. The quantitative estimate of drug-likeness (QED) is 0.462. The van der Waals surface area contributed by atoms with Crippen molar-refractivity contribution in [2.24, 2.45) is 7.05 Å². The van der Waals surface area contributed by atoms with E-state index in [2.05, 4.69) is 52.1 Å². The van der Waals surface area contributed by atoms with Crippen LogP contribution in [0.1, 0.15) is 5.89 Å². The minimum Gasteiger partial charge on any atom is -0.419 e. The molecule has 0 amide bonds. The number of aromatic nitrogens is 6. The Balaban J connectivity index is 1.69. The number of halogens is 2. The maximum absolute atomic E-state index is 12.6. The molecule has 0 saturated carbocycles. The van der Waals surface area contributed by atoms with Crippen molar-refractivity contribution < 1.29 is 4.42 Å². The summed E-state index contributed by atoms with van der Waals surface area (Å²) < 4.78 is 9.99. The first-order valence-corrected chi connectivity index (χ1v) is 8.77. The van der Waals surface area contributed by atoms with Crippen LogP contribution in [0.3, 0.4) is 0 Å². The fourth-order valence-corrected chi connectivity index (χ4v) is 3.43. The molecule has 0 N–H and O–H groups in total. The summed E-state index contributed by atoms with van der Waals surface area (Å²) in [5, 5.41) is 12.6. The van der Waals surface area contributed by atoms with E-state index >= 15 is 0 Å². The first-order valence-electron chi connectivity index (χ1n) is 7.19. The molecule has 0 radical (unpaired) electrons. The summed E-state index contributed by atoms with van der Waals surface area (Å²) in [6.45, 7) is 0.129. The number of rotatable bonds is 3. The second-order valence-electron chi connectivity index (χ2n) is 5.30. The second kappa shape index (κ2) is 6.19. The average Bonchev–Trinajstić information content (AvgIpc) is 3.15. The summed E-state index contributed by atoms with van der Waals surface area (Å²) in [6, 6.07) is 7.54. The van der Waals surface area contributed by atoms with Crippen LogP contribution in [-0.2, 0) is 13.6 Å². The van der Waals surface area contributed by atoms with Gasteiger partial charge in [-0.2, -0.15) is 5.10 Å². The van der Waals surface area contributed by atoms with Gasteiger partial charge in [-0.25, -0.2) is 9.67 Å². The van der Waals surface area contributed by atoms with E-state index < -0.39 is 0 Å². The van der Waals surface area contributed by atoms with Gasteiger partial charge in [0.05, 0.1) is 0 Å². The molecule has 3 aromatic heterocycles. The summed E-state index contributed by atoms with van der Waals surface area (Å²) in [7, 11) is 1.73. The first-order chi connectivity index (χ1) is 12.0. The largest absolute Gasteiger partial charge is 0.419 e. The fourth-order valence-electron chi connectivity index (χ4n) is 2.45. The minimum atomic E-state index is -0.229. The van der Waals surface area contributed by atoms with Gasteiger partial charge in [0.1, 0.15) is 22.9 Å². The highest BCUT2D eigenvalue weighted by atomic mass is 79.9. The first kappa shape index (κ1) is 16.2. The van der Waals surface area contributed by atoms with E-state index in [1.807, 2.05) is 24.3 Å². The summed E-state index contributed by atoms with van der Waals surface area (Å²) >= 11 is 6.69. The summed E-state index contributed by atoms with van der Waals surface area (Å²) in [6.07, 6.45) is 1.45. The minimum absolute atomic E-state index is 0.129. The maximum atomic E-state index is 12.6. The summed E-state index contributed by atoms with van der Waals surface area (Å²) in [5.41, 5.74) is 1.07. The molecule has 0 unspecified atom stereocenters. The van der Waals surface area contributed by atoms with Gasteiger partial charge in [-0.15, -0.1) is 10.2 Å². The van der Waals surface area contributed by atoms with E-state index in [9.17, 15) is 4.79 Å². The van der Waals surface area contributed by atoms with Gasteiger partial charge < -0.3 is 4.42 Å². The Labute approximate surface area is 157 Å². The predicted molar refractivity (Wildman–Crippen MR) is 97.0 cm³/mol. The second-order valence-corrected chi connectivity index (χ2v) is 6.97. The molecule has 8 nitrogen and oxygen atoms in total. The molecule has 0 aliphatic carbocycles. The number of fused-ring (bicyclic) bond motifs is 1. The Morgan fingerprint density at radius 2 is 2.08 bits per heavy atom. The third kappa shape index (κ3) is 2.91. The van der Waals surface area contributed by atoms with Gasteiger partial charge in [0.2, 0.25) is 11.8 Å². The van der Waals surface area contributed by atoms with Crippen LogP contribution < -0.4 is 5.56 Å². The molecular formula is C15H10Br2N6O2. The van der Waals surface area contributed by atoms with Crippen LogP contribution in [0.2, 0.25) is 0 Å². The standard InChI is InChI=1S/C15H10Br2N6O2/c1-22-13-11(12(17)21-22)15(24)23(7-18-13)6-10-19-20-14(25-10)8-3-2-4-9(16)5-8/h2-5,7H,6H2,1H3. The van der Waals surface area contributed by atoms with Gasteiger partial charge in [-0.1, -0.05) is 22.0 Å². The number of hydrogen-bond acceptors (Lipinski definition) is 6. The molecule has 0 spiro atoms. The highest BCUT2D eigenvalue weighted by molar-refractivity contribution is 9.10. The van der Waals surface area contributed by atoms with Crippen LogP contribution in [-0.4, -0.2) is 29.5 Å². The number of hydrogen-bond donors (Lipinski definition) is 0. The molecule has 4 aromatic rings. The molecule has 0 fully saturated rings. The summed E-state index contributed by atoms with van der Waals surface area (Å²) in [4.78, 5) is 16.9. The van der Waals surface area contributed by atoms with Crippen molar-refractivity contribution in [1.29, 1.82) is 0 Å². The number of aryl methyl sites for hydroxylation is 1. The van der Waals surface area contributed by atoms with Gasteiger partial charge in [0.25, 0.3) is 5.56 Å². The Hall–Kier alpha value is -2.33. The molecule has 0 aliphatic heterocycles. The zero-order chi connectivity index (χ0) is 17.6. The van der Waals surface area contributed by atoms with Gasteiger partial charge in [-0.3, -0.25) is 9.36 Å². The molecule has 0 aliphatic rings. The molecule has 25 heavy (non-hydrogen) atoms. The highest BCUT2D eigenvalue weighted by Gasteiger charge is 2.15. The van der Waals surface area contributed by atoms with E-state index in [1.165, 1.54) is 10.9 Å². The van der Waals surface area contributed by atoms with Gasteiger partial charge in [-0.05, 0) is 34.1 Å². The topological polar surface area (TPSA) is 91.6 Å². The zero-order valence-electron chi connectivity index (χ0n) is 12.8. The normalized spacial score (nSPS) is 11.3. The molecule has 0 atom stereocenters. The molecule has 10 heteroatoms. The predicted octanol–water partition coefficient (Wildman–Crippen LogP) is 2.75. The highest BCUT2D eigenvalue weighted by Crippen LogP contribution is 2.22. The number of benzene rings is 1. The Morgan fingerprint density at radius 1 is 1.24 bits per heavy atom. The van der Waals surface area contributed by atoms with Gasteiger partial charge in [0.15, 0.2) is 5.65 Å². The van der Waals surface area contributed by atoms with E-state index in [0.29, 0.717) is 27.4 Å². The summed E-state index contributed by atoms with van der Waals surface area (Å²) in [5.74, 6) is 0.708. The van der Waals surface area contributed by atoms with Crippen molar-refractivity contribution >= 4 is 42.9 Å². The third-order valence-corrected chi connectivity index (χ3v) is 4.66. The lowest BCUT2D eigenvalue weighted by Gasteiger charge is -2.01. The smallest absolute Gasteiger partial charge is 0.266 e. The molecule has 3 heterocycles. The molecular weight excluding hydrogens is 456 g/mol. The SMILES string of the molecule is Cn1nc(Br)c2c(=O)n(Cc3nnc(-c4cccc(Br)c4)o3)cnc21. The van der Waals surface area contributed by atoms with Crippen molar-refractivity contribution in [1.82, 2.24) is 29.5 Å². The lowest BCUT2D eigenvalue weighted by Crippen LogP contribution is -2.21. The maximum Gasteiger partial charge on any atom is 0.266 e. The van der Waals surface area contributed by atoms with Crippen LogP contribution in [0.4, 0.5) is 0 Å². The molecule has 126 valence electrons. The van der Waals surface area contributed by atoms with Crippen LogP contribution in [0, 0.1) is 0 Å². The van der Waals surface area contributed by atoms with Crippen molar-refractivity contribution in [3.63, 3.8) is 0 Å². The van der Waals surface area contributed by atoms with Gasteiger partial charge >= 0.3 is 0 Å². The lowest BCUT2D eigenvalue weighted by molar-refractivity contribution is 0.483. The number of nitrogens with zero attached hydrogens (tertiary/aromatic N) is 6. The van der Waals surface area contributed by atoms with E-state index in [-0.39, 0.29) is 12.1 Å². The monoisotopic (exact) mass is 464 g/mol. The van der Waals surface area contributed by atoms with Crippen LogP contribution in [0.5, 0.6) is 0 Å². The van der Waals surface area contributed by atoms with Crippen LogP contribution in [0.25, 0.3) is 22.5 Å².